The Bertz CT molecular complexity index is 561. The molecule has 3 aliphatic carbocycles. The molecular weight excluding hydrogens is 288 g/mol. The summed E-state index contributed by atoms with van der Waals surface area (Å²) in [6.07, 6.45) is 7.72. The molecule has 0 saturated heterocycles. The van der Waals surface area contributed by atoms with Crippen LogP contribution in [0.15, 0.2) is 24.3 Å². The summed E-state index contributed by atoms with van der Waals surface area (Å²) in [5, 5.41) is 9.87. The third-order valence-electron chi connectivity index (χ3n) is 7.13. The van der Waals surface area contributed by atoms with Crippen molar-refractivity contribution in [3.8, 4) is 0 Å². The van der Waals surface area contributed by atoms with Crippen LogP contribution < -0.4 is 0 Å². The maximum Gasteiger partial charge on any atom is 0.178 e. The first-order valence-corrected chi connectivity index (χ1v) is 8.94. The van der Waals surface area contributed by atoms with Gasteiger partial charge in [0.25, 0.3) is 0 Å². The van der Waals surface area contributed by atoms with Crippen LogP contribution in [0.5, 0.6) is 0 Å². The normalized spacial score (nSPS) is 44.7. The summed E-state index contributed by atoms with van der Waals surface area (Å²) in [5.74, 6) is 2.22. The van der Waals surface area contributed by atoms with E-state index in [1.54, 1.807) is 6.08 Å². The molecule has 0 aromatic rings. The highest BCUT2D eigenvalue weighted by Gasteiger charge is 2.56. The summed E-state index contributed by atoms with van der Waals surface area (Å²) >= 11 is 0. The highest BCUT2D eigenvalue weighted by atomic mass is 16.3. The molecule has 126 valence electrons. The average molecular weight is 316 g/mol. The molecule has 3 nitrogen and oxygen atoms in total. The fourth-order valence-electron chi connectivity index (χ4n) is 5.78. The van der Waals surface area contributed by atoms with Crippen molar-refractivity contribution in [3.05, 3.63) is 24.3 Å². The van der Waals surface area contributed by atoms with Crippen LogP contribution in [0.4, 0.5) is 0 Å². The minimum atomic E-state index is -0.140. The van der Waals surface area contributed by atoms with Crippen molar-refractivity contribution in [1.82, 2.24) is 0 Å². The Morgan fingerprint density at radius 2 is 2.13 bits per heavy atom. The van der Waals surface area contributed by atoms with Gasteiger partial charge in [0.15, 0.2) is 5.78 Å². The lowest BCUT2D eigenvalue weighted by Crippen LogP contribution is -2.47. The van der Waals surface area contributed by atoms with Crippen LogP contribution in [0.25, 0.3) is 0 Å². The minimum Gasteiger partial charge on any atom is -0.396 e. The van der Waals surface area contributed by atoms with E-state index in [-0.39, 0.29) is 23.7 Å². The van der Waals surface area contributed by atoms with Gasteiger partial charge in [-0.25, -0.2) is 0 Å². The molecule has 0 amide bonds. The maximum absolute atomic E-state index is 12.4. The van der Waals surface area contributed by atoms with Gasteiger partial charge in [0.1, 0.15) is 5.78 Å². The van der Waals surface area contributed by atoms with E-state index in [1.807, 2.05) is 0 Å². The SMILES string of the molecule is C=CC(=O)/C=C1/C(CO)CC2C(CC[C@]3(C)C(=O)CCC23)[C@@H]1C. The molecule has 6 atom stereocenters. The minimum absolute atomic E-state index is 0.0493. The Morgan fingerprint density at radius 3 is 2.78 bits per heavy atom. The molecule has 0 aliphatic heterocycles. The van der Waals surface area contributed by atoms with Crippen LogP contribution in [0.1, 0.15) is 46.0 Å². The maximum atomic E-state index is 12.4. The molecule has 23 heavy (non-hydrogen) atoms. The average Bonchev–Trinajstić information content (AvgIpc) is 2.85. The molecule has 0 aromatic heterocycles. The Kier molecular flexibility index (Phi) is 4.35. The molecule has 1 N–H and O–H groups in total. The number of hydrogen-bond donors (Lipinski definition) is 1. The van der Waals surface area contributed by atoms with Crippen molar-refractivity contribution in [3.63, 3.8) is 0 Å². The zero-order chi connectivity index (χ0) is 16.8. The van der Waals surface area contributed by atoms with Gasteiger partial charge >= 0.3 is 0 Å². The summed E-state index contributed by atoms with van der Waals surface area (Å²) in [6, 6.07) is 0. The van der Waals surface area contributed by atoms with Crippen LogP contribution in [0, 0.1) is 35.0 Å². The second-order valence-electron chi connectivity index (χ2n) is 8.01. The number of hydrogen-bond acceptors (Lipinski definition) is 3. The van der Waals surface area contributed by atoms with Crippen molar-refractivity contribution >= 4 is 11.6 Å². The number of aliphatic hydroxyl groups is 1. The fourth-order valence-corrected chi connectivity index (χ4v) is 5.78. The second kappa shape index (κ2) is 6.01. The Labute approximate surface area is 138 Å². The second-order valence-corrected chi connectivity index (χ2v) is 8.01. The first-order chi connectivity index (χ1) is 10.9. The number of ketones is 2. The molecule has 3 aliphatic rings. The number of fused-ring (bicyclic) bond motifs is 3. The zero-order valence-electron chi connectivity index (χ0n) is 14.3. The molecular formula is C20H28O3. The lowest BCUT2D eigenvalue weighted by molar-refractivity contribution is -0.131. The molecule has 0 aromatic carbocycles. The van der Waals surface area contributed by atoms with Crippen LogP contribution in [-0.2, 0) is 9.59 Å². The first kappa shape index (κ1) is 16.6. The van der Waals surface area contributed by atoms with Gasteiger partial charge in [0, 0.05) is 24.4 Å². The van der Waals surface area contributed by atoms with Gasteiger partial charge in [-0.05, 0) is 61.5 Å². The molecule has 3 rings (SSSR count). The van der Waals surface area contributed by atoms with E-state index in [4.69, 9.17) is 0 Å². The van der Waals surface area contributed by atoms with Gasteiger partial charge in [-0.2, -0.15) is 0 Å². The smallest absolute Gasteiger partial charge is 0.178 e. The number of aliphatic hydroxyl groups excluding tert-OH is 1. The summed E-state index contributed by atoms with van der Waals surface area (Å²) in [7, 11) is 0. The van der Waals surface area contributed by atoms with Crippen molar-refractivity contribution < 1.29 is 14.7 Å². The molecule has 0 bridgehead atoms. The Morgan fingerprint density at radius 1 is 1.39 bits per heavy atom. The number of carbonyl (C=O) groups is 2. The predicted molar refractivity (Wildman–Crippen MR) is 89.7 cm³/mol. The molecule has 0 heterocycles. The Balaban J connectivity index is 1.92. The molecule has 0 spiro atoms. The molecule has 0 radical (unpaired) electrons. The van der Waals surface area contributed by atoms with Gasteiger partial charge in [-0.1, -0.05) is 26.0 Å². The largest absolute Gasteiger partial charge is 0.396 e. The molecule has 3 fully saturated rings. The number of rotatable bonds is 3. The first-order valence-electron chi connectivity index (χ1n) is 8.94. The van der Waals surface area contributed by atoms with Crippen molar-refractivity contribution in [2.75, 3.05) is 6.61 Å². The summed E-state index contributed by atoms with van der Waals surface area (Å²) in [6.45, 7) is 7.99. The third-order valence-corrected chi connectivity index (χ3v) is 7.13. The molecule has 4 unspecified atom stereocenters. The summed E-state index contributed by atoms with van der Waals surface area (Å²) < 4.78 is 0. The summed E-state index contributed by atoms with van der Waals surface area (Å²) in [4.78, 5) is 24.2. The van der Waals surface area contributed by atoms with Gasteiger partial charge in [0.2, 0.25) is 0 Å². The van der Waals surface area contributed by atoms with Gasteiger partial charge in [-0.15, -0.1) is 0 Å². The Hall–Kier alpha value is -1.22. The quantitative estimate of drug-likeness (QED) is 0.813. The van der Waals surface area contributed by atoms with Crippen LogP contribution in [0.3, 0.4) is 0 Å². The lowest BCUT2D eigenvalue weighted by Gasteiger charge is -2.52. The van der Waals surface area contributed by atoms with E-state index < -0.39 is 0 Å². The van der Waals surface area contributed by atoms with Crippen LogP contribution in [-0.4, -0.2) is 23.3 Å². The van der Waals surface area contributed by atoms with Crippen LogP contribution >= 0.6 is 0 Å². The topological polar surface area (TPSA) is 54.4 Å². The standard InChI is InChI=1S/C20H28O3/c1-4-14(22)10-16-12(2)15-7-8-20(3)18(5-6-19(20)23)17(15)9-13(16)11-21/h4,10,12-13,15,17-18,21H,1,5-9,11H2,2-3H3/b16-10+/t12-,13?,15?,17?,18?,20-/m0/s1. The highest BCUT2D eigenvalue weighted by molar-refractivity contribution is 5.99. The van der Waals surface area contributed by atoms with Crippen molar-refractivity contribution in [2.45, 2.75) is 46.0 Å². The number of carbonyl (C=O) groups excluding carboxylic acids is 2. The number of allylic oxidation sites excluding steroid dienone is 2. The number of Topliss-reactive ketones (excluding diaryl/α,β-unsaturated/α-hetero) is 1. The van der Waals surface area contributed by atoms with Gasteiger partial charge in [0.05, 0.1) is 0 Å². The van der Waals surface area contributed by atoms with Gasteiger partial charge < -0.3 is 5.11 Å². The van der Waals surface area contributed by atoms with Crippen molar-refractivity contribution in [2.24, 2.45) is 35.0 Å². The molecule has 3 heteroatoms. The van der Waals surface area contributed by atoms with Crippen LogP contribution in [0.2, 0.25) is 0 Å². The van der Waals surface area contributed by atoms with E-state index in [9.17, 15) is 14.7 Å². The van der Waals surface area contributed by atoms with Crippen molar-refractivity contribution in [1.29, 1.82) is 0 Å². The lowest BCUT2D eigenvalue weighted by atomic mass is 9.52. The van der Waals surface area contributed by atoms with E-state index in [0.29, 0.717) is 29.5 Å². The summed E-state index contributed by atoms with van der Waals surface area (Å²) in [5.41, 5.74) is 0.950. The third kappa shape index (κ3) is 2.53. The van der Waals surface area contributed by atoms with E-state index in [0.717, 1.165) is 37.7 Å². The van der Waals surface area contributed by atoms with Gasteiger partial charge in [-0.3, -0.25) is 9.59 Å². The fraction of sp³-hybridized carbons (Fsp3) is 0.700. The zero-order valence-corrected chi connectivity index (χ0v) is 14.3. The predicted octanol–water partition coefficient (Wildman–Crippen LogP) is 3.33. The highest BCUT2D eigenvalue weighted by Crippen LogP contribution is 2.60. The monoisotopic (exact) mass is 316 g/mol. The van der Waals surface area contributed by atoms with E-state index in [2.05, 4.69) is 20.4 Å². The molecule has 3 saturated carbocycles. The van der Waals surface area contributed by atoms with E-state index in [1.165, 1.54) is 6.08 Å². The van der Waals surface area contributed by atoms with E-state index >= 15 is 0 Å².